The number of nitrogens with one attached hydrogen (secondary N) is 1. The van der Waals surface area contributed by atoms with E-state index >= 15 is 0 Å². The molecule has 0 bridgehead atoms. The van der Waals surface area contributed by atoms with Crippen molar-refractivity contribution >= 4 is 11.6 Å². The highest BCUT2D eigenvalue weighted by Gasteiger charge is 2.20. The van der Waals surface area contributed by atoms with Gasteiger partial charge < -0.3 is 14.8 Å². The normalized spacial score (nSPS) is 10.6. The van der Waals surface area contributed by atoms with Crippen LogP contribution in [0.15, 0.2) is 85.1 Å². The summed E-state index contributed by atoms with van der Waals surface area (Å²) in [6.45, 7) is 2.61. The van der Waals surface area contributed by atoms with Crippen LogP contribution in [-0.4, -0.2) is 22.3 Å². The predicted molar refractivity (Wildman–Crippen MR) is 120 cm³/mol. The Balaban J connectivity index is 1.64. The van der Waals surface area contributed by atoms with Gasteiger partial charge in [0.15, 0.2) is 11.4 Å². The summed E-state index contributed by atoms with van der Waals surface area (Å²) in [7, 11) is 0. The van der Waals surface area contributed by atoms with E-state index in [4.69, 9.17) is 9.47 Å². The summed E-state index contributed by atoms with van der Waals surface area (Å²) in [6, 6.07) is 22.6. The number of halogens is 1. The van der Waals surface area contributed by atoms with Crippen molar-refractivity contribution in [3.63, 3.8) is 0 Å². The number of rotatable bonds is 8. The number of hydrogen-bond acceptors (Lipinski definition) is 4. The molecule has 0 atom stereocenters. The molecule has 7 heteroatoms. The van der Waals surface area contributed by atoms with Gasteiger partial charge in [-0.2, -0.15) is 5.10 Å². The fourth-order valence-electron chi connectivity index (χ4n) is 3.12. The Labute approximate surface area is 185 Å². The summed E-state index contributed by atoms with van der Waals surface area (Å²) < 4.78 is 26.3. The maximum atomic E-state index is 13.3. The summed E-state index contributed by atoms with van der Waals surface area (Å²) in [5, 5.41) is 7.25. The van der Waals surface area contributed by atoms with Gasteiger partial charge in [-0.3, -0.25) is 4.79 Å². The lowest BCUT2D eigenvalue weighted by molar-refractivity contribution is 0.101. The lowest BCUT2D eigenvalue weighted by atomic mass is 10.2. The van der Waals surface area contributed by atoms with Gasteiger partial charge in [-0.1, -0.05) is 42.5 Å². The van der Waals surface area contributed by atoms with Crippen LogP contribution in [0, 0.1) is 5.82 Å². The third-order valence-corrected chi connectivity index (χ3v) is 4.66. The molecule has 6 nitrogen and oxygen atoms in total. The Morgan fingerprint density at radius 2 is 1.66 bits per heavy atom. The number of benzene rings is 3. The van der Waals surface area contributed by atoms with E-state index < -0.39 is 5.91 Å². The average Bonchev–Trinajstić information content (AvgIpc) is 3.25. The second-order valence-electron chi connectivity index (χ2n) is 6.92. The van der Waals surface area contributed by atoms with Gasteiger partial charge in [-0.05, 0) is 48.9 Å². The molecule has 0 aliphatic carbocycles. The van der Waals surface area contributed by atoms with Crippen molar-refractivity contribution in [3.05, 3.63) is 102 Å². The van der Waals surface area contributed by atoms with Crippen LogP contribution in [0.5, 0.6) is 11.5 Å². The van der Waals surface area contributed by atoms with Crippen molar-refractivity contribution in [1.29, 1.82) is 0 Å². The van der Waals surface area contributed by atoms with Crippen molar-refractivity contribution in [2.75, 3.05) is 11.9 Å². The highest BCUT2D eigenvalue weighted by molar-refractivity contribution is 6.05. The molecule has 4 aromatic rings. The number of ether oxygens (including phenoxy) is 2. The summed E-state index contributed by atoms with van der Waals surface area (Å²) in [6.07, 6.45) is 1.61. The molecule has 0 radical (unpaired) electrons. The number of hydrogen-bond donors (Lipinski definition) is 1. The molecule has 1 amide bonds. The first-order valence-electron chi connectivity index (χ1n) is 10.2. The molecule has 1 heterocycles. The Hall–Kier alpha value is -4.13. The maximum Gasteiger partial charge on any atom is 0.280 e. The smallest absolute Gasteiger partial charge is 0.280 e. The molecular weight excluding hydrogens is 409 g/mol. The molecule has 0 fully saturated rings. The van der Waals surface area contributed by atoms with Crippen LogP contribution >= 0.6 is 0 Å². The van der Waals surface area contributed by atoms with Gasteiger partial charge in [0.2, 0.25) is 0 Å². The van der Waals surface area contributed by atoms with Crippen molar-refractivity contribution in [3.8, 4) is 17.2 Å². The van der Waals surface area contributed by atoms with Gasteiger partial charge in [0.05, 0.1) is 24.2 Å². The number of amides is 1. The van der Waals surface area contributed by atoms with Crippen molar-refractivity contribution < 1.29 is 18.7 Å². The summed E-state index contributed by atoms with van der Waals surface area (Å²) in [5.41, 5.74) is 2.20. The quantitative estimate of drug-likeness (QED) is 0.414. The molecule has 32 heavy (non-hydrogen) atoms. The summed E-state index contributed by atoms with van der Waals surface area (Å²) >= 11 is 0. The third-order valence-electron chi connectivity index (χ3n) is 4.66. The number of anilines is 1. The Bertz CT molecular complexity index is 1190. The zero-order valence-electron chi connectivity index (χ0n) is 17.5. The number of carbonyl (C=O) groups is 1. The van der Waals surface area contributed by atoms with Crippen molar-refractivity contribution in [2.45, 2.75) is 13.5 Å². The minimum Gasteiger partial charge on any atom is -0.492 e. The number of carbonyl (C=O) groups excluding carboxylic acids is 1. The predicted octanol–water partition coefficient (Wildman–Crippen LogP) is 5.24. The molecule has 0 unspecified atom stereocenters. The van der Waals surface area contributed by atoms with Crippen LogP contribution in [0.2, 0.25) is 0 Å². The highest BCUT2D eigenvalue weighted by atomic mass is 19.1. The van der Waals surface area contributed by atoms with Crippen LogP contribution in [0.4, 0.5) is 10.1 Å². The van der Waals surface area contributed by atoms with Gasteiger partial charge in [-0.25, -0.2) is 9.07 Å². The average molecular weight is 431 g/mol. The monoisotopic (exact) mass is 431 g/mol. The lowest BCUT2D eigenvalue weighted by Gasteiger charge is -2.11. The minimum atomic E-state index is -0.443. The van der Waals surface area contributed by atoms with E-state index in [9.17, 15) is 9.18 Å². The van der Waals surface area contributed by atoms with Crippen LogP contribution in [0.3, 0.4) is 0 Å². The first-order chi connectivity index (χ1) is 15.6. The largest absolute Gasteiger partial charge is 0.492 e. The second kappa shape index (κ2) is 9.78. The summed E-state index contributed by atoms with van der Waals surface area (Å²) in [5.74, 6) is 0.0747. The molecule has 0 saturated carbocycles. The molecule has 0 aliphatic heterocycles. The molecule has 162 valence electrons. The van der Waals surface area contributed by atoms with Crippen molar-refractivity contribution in [2.24, 2.45) is 0 Å². The molecule has 0 aliphatic rings. The Kier molecular flexibility index (Phi) is 6.46. The van der Waals surface area contributed by atoms with Crippen LogP contribution in [-0.2, 0) is 6.61 Å². The van der Waals surface area contributed by atoms with Gasteiger partial charge in [0.25, 0.3) is 5.91 Å². The fraction of sp³-hybridized carbons (Fsp3) is 0.120. The SMILES string of the molecule is CCOc1ccccc1NC(=O)c1nn(-c2ccc(F)cc2)cc1OCc1ccccc1. The second-order valence-corrected chi connectivity index (χ2v) is 6.92. The zero-order valence-corrected chi connectivity index (χ0v) is 17.5. The van der Waals surface area contributed by atoms with Gasteiger partial charge in [-0.15, -0.1) is 0 Å². The van der Waals surface area contributed by atoms with Crippen LogP contribution < -0.4 is 14.8 Å². The zero-order chi connectivity index (χ0) is 22.3. The molecule has 0 spiro atoms. The van der Waals surface area contributed by atoms with E-state index in [0.717, 1.165) is 5.56 Å². The topological polar surface area (TPSA) is 65.4 Å². The Morgan fingerprint density at radius 3 is 2.41 bits per heavy atom. The minimum absolute atomic E-state index is 0.108. The standard InChI is InChI=1S/C25H22FN3O3/c1-2-31-22-11-7-6-10-21(22)27-25(30)24-23(32-17-18-8-4-3-5-9-18)16-29(28-24)20-14-12-19(26)13-15-20/h3-16H,2,17H2,1H3,(H,27,30). The number of aromatic nitrogens is 2. The molecule has 1 aromatic heterocycles. The van der Waals surface area contributed by atoms with Gasteiger partial charge in [0.1, 0.15) is 18.2 Å². The van der Waals surface area contributed by atoms with Crippen LogP contribution in [0.1, 0.15) is 23.0 Å². The van der Waals surface area contributed by atoms with E-state index in [1.54, 1.807) is 30.5 Å². The molecule has 0 saturated heterocycles. The first-order valence-corrected chi connectivity index (χ1v) is 10.2. The number of nitrogens with zero attached hydrogens (tertiary/aromatic N) is 2. The maximum absolute atomic E-state index is 13.3. The number of para-hydroxylation sites is 2. The lowest BCUT2D eigenvalue weighted by Crippen LogP contribution is -2.15. The van der Waals surface area contributed by atoms with E-state index in [1.807, 2.05) is 49.4 Å². The highest BCUT2D eigenvalue weighted by Crippen LogP contribution is 2.27. The van der Waals surface area contributed by atoms with Crippen LogP contribution in [0.25, 0.3) is 5.69 Å². The van der Waals surface area contributed by atoms with E-state index in [0.29, 0.717) is 29.5 Å². The molecule has 4 rings (SSSR count). The van der Waals surface area contributed by atoms with Crippen molar-refractivity contribution in [1.82, 2.24) is 9.78 Å². The molecule has 3 aromatic carbocycles. The van der Waals surface area contributed by atoms with Gasteiger partial charge >= 0.3 is 0 Å². The molecular formula is C25H22FN3O3. The van der Waals surface area contributed by atoms with E-state index in [-0.39, 0.29) is 18.1 Å². The van der Waals surface area contributed by atoms with Gasteiger partial charge in [0, 0.05) is 0 Å². The van der Waals surface area contributed by atoms with E-state index in [2.05, 4.69) is 10.4 Å². The fourth-order valence-corrected chi connectivity index (χ4v) is 3.12. The Morgan fingerprint density at radius 1 is 0.938 bits per heavy atom. The molecule has 1 N–H and O–H groups in total. The summed E-state index contributed by atoms with van der Waals surface area (Å²) in [4.78, 5) is 13.1. The third kappa shape index (κ3) is 4.95. The first kappa shape index (κ1) is 21.1. The van der Waals surface area contributed by atoms with E-state index in [1.165, 1.54) is 16.8 Å².